The first-order valence-electron chi connectivity index (χ1n) is 26.7. The molecule has 5 saturated heterocycles. The van der Waals surface area contributed by atoms with Crippen molar-refractivity contribution in [3.8, 4) is 23.0 Å². The number of carbonyl (C=O) groups is 3. The van der Waals surface area contributed by atoms with Crippen LogP contribution in [-0.2, 0) is 22.7 Å². The maximum atomic E-state index is 17.2. The van der Waals surface area contributed by atoms with Gasteiger partial charge in [0.15, 0.2) is 11.2 Å². The van der Waals surface area contributed by atoms with E-state index in [0.29, 0.717) is 76.8 Å². The fraction of sp³-hybridized carbons (Fsp3) is 0.545. The van der Waals surface area contributed by atoms with Crippen LogP contribution in [0.4, 0.5) is 15.9 Å². The molecule has 2 saturated carbocycles. The van der Waals surface area contributed by atoms with E-state index in [1.165, 1.54) is 43.9 Å². The average Bonchev–Trinajstić information content (AvgIpc) is 3.96. The molecule has 9 heterocycles. The van der Waals surface area contributed by atoms with E-state index >= 15 is 4.39 Å². The van der Waals surface area contributed by atoms with Crippen molar-refractivity contribution in [2.45, 2.75) is 102 Å². The minimum absolute atomic E-state index is 0.00102. The van der Waals surface area contributed by atoms with Gasteiger partial charge in [0.05, 0.1) is 17.5 Å². The zero-order valence-electron chi connectivity index (χ0n) is 41.6. The Morgan fingerprint density at radius 3 is 2.37 bits per heavy atom. The minimum Gasteiger partial charge on any atom is -0.508 e. The van der Waals surface area contributed by atoms with Crippen molar-refractivity contribution < 1.29 is 28.6 Å². The third kappa shape index (κ3) is 8.56. The predicted octanol–water partition coefficient (Wildman–Crippen LogP) is 5.05. The molecule has 3 amide bonds. The number of amides is 3. The lowest BCUT2D eigenvalue weighted by molar-refractivity contribution is -0.136. The third-order valence-corrected chi connectivity index (χ3v) is 18.0. The van der Waals surface area contributed by atoms with Gasteiger partial charge in [-0.25, -0.2) is 4.39 Å². The second kappa shape index (κ2) is 18.0. The van der Waals surface area contributed by atoms with E-state index < -0.39 is 11.9 Å². The maximum Gasteiger partial charge on any atom is 0.319 e. The number of likely N-dealkylation sites (tertiary alicyclic amines) is 1. The van der Waals surface area contributed by atoms with Gasteiger partial charge < -0.3 is 39.3 Å². The Kier molecular flexibility index (Phi) is 11.5. The molecule has 13 rings (SSSR count). The zero-order chi connectivity index (χ0) is 49.8. The van der Waals surface area contributed by atoms with Gasteiger partial charge in [-0.1, -0.05) is 0 Å². The molecular weight excluding hydrogens is 930 g/mol. The number of hydrogen-bond acceptors (Lipinski definition) is 14. The number of piperazine rings is 2. The number of nitrogens with one attached hydrogen (secondary N) is 2. The first-order valence-corrected chi connectivity index (χ1v) is 26.7. The van der Waals surface area contributed by atoms with Gasteiger partial charge in [0.1, 0.15) is 28.8 Å². The van der Waals surface area contributed by atoms with Crippen molar-refractivity contribution in [3.63, 3.8) is 0 Å². The van der Waals surface area contributed by atoms with Crippen LogP contribution in [0.2, 0.25) is 0 Å². The molecule has 7 fully saturated rings. The molecule has 3 atom stereocenters. The number of rotatable bonds is 12. The Morgan fingerprint density at radius 1 is 0.849 bits per heavy atom. The van der Waals surface area contributed by atoms with Crippen LogP contribution < -0.4 is 30.6 Å². The molecule has 17 nitrogen and oxygen atoms in total. The molecule has 2 aromatic carbocycles. The molecule has 18 heteroatoms. The fourth-order valence-electron chi connectivity index (χ4n) is 13.8. The number of imide groups is 1. The van der Waals surface area contributed by atoms with Gasteiger partial charge in [0.2, 0.25) is 11.8 Å². The number of aryl methyl sites for hydroxylation is 1. The molecule has 1 spiro atoms. The largest absolute Gasteiger partial charge is 0.508 e. The van der Waals surface area contributed by atoms with Gasteiger partial charge in [0, 0.05) is 130 Å². The number of phenolic OH excluding ortho intramolecular Hbond substituents is 1. The SMILES string of the molecule is CCn1ccc(=O)c2cc(O)cc(-c3ncc4c(N5CC6CCC(C5)N6)nc(OCC5(CN6CCC7(CC6)CC(CN6CCN(c8ccc9c(c8)CN([C@H]8CCC(=O)NC8=O)C9=O)CC6)C7)CC5)nc4c3F)c21. The minimum atomic E-state index is -0.644. The van der Waals surface area contributed by atoms with Gasteiger partial charge in [-0.15, -0.1) is 0 Å². The highest BCUT2D eigenvalue weighted by molar-refractivity contribution is 6.05. The number of piperidine rings is 2. The normalized spacial score (nSPS) is 24.9. The number of phenols is 1. The van der Waals surface area contributed by atoms with Crippen molar-refractivity contribution in [1.82, 2.24) is 44.9 Å². The number of anilines is 2. The van der Waals surface area contributed by atoms with Crippen LogP contribution >= 0.6 is 0 Å². The highest BCUT2D eigenvalue weighted by Crippen LogP contribution is 2.54. The highest BCUT2D eigenvalue weighted by Gasteiger charge is 2.50. The summed E-state index contributed by atoms with van der Waals surface area (Å²) in [4.78, 5) is 76.4. The molecule has 2 aliphatic carbocycles. The molecule has 2 unspecified atom stereocenters. The number of carbonyl (C=O) groups excluding carboxylic acids is 3. The summed E-state index contributed by atoms with van der Waals surface area (Å²) >= 11 is 0. The first-order chi connectivity index (χ1) is 35.4. The van der Waals surface area contributed by atoms with Gasteiger partial charge in [-0.05, 0) is 125 Å². The highest BCUT2D eigenvalue weighted by atomic mass is 19.1. The Morgan fingerprint density at radius 2 is 1.63 bits per heavy atom. The molecular formula is C55H64FN11O6. The Labute approximate surface area is 423 Å². The van der Waals surface area contributed by atoms with Crippen LogP contribution in [-0.4, -0.2) is 147 Å². The van der Waals surface area contributed by atoms with Gasteiger partial charge in [-0.3, -0.25) is 34.4 Å². The standard InChI is InChI=1S/C55H64FN11O6/c1-2-64-14-9-44(69)40-22-38(68)23-41(49(40)64)47-46(56)48-42(26-57-47)50(66-29-35-3-4-36(30-66)58-35)61-53(60-48)73-32-55(10-11-55)31-63-15-12-54(13-16-63)24-33(25-54)27-62-17-19-65(20-18-62)37-5-6-39-34(21-37)28-67(52(39)72)43-7-8-45(70)59-51(43)71/h5-6,9,14,21-23,26,33,35-36,43,58,68H,2-4,7-8,10-13,15-20,24-25,27-32H2,1H3,(H,59,70,71)/t35?,36?,43-/m0/s1. The molecule has 5 aromatic rings. The van der Waals surface area contributed by atoms with Crippen LogP contribution in [0.5, 0.6) is 11.8 Å². The van der Waals surface area contributed by atoms with Gasteiger partial charge in [0.25, 0.3) is 5.91 Å². The zero-order valence-corrected chi connectivity index (χ0v) is 41.6. The van der Waals surface area contributed by atoms with Crippen molar-refractivity contribution in [3.05, 3.63) is 76.0 Å². The molecule has 382 valence electrons. The summed E-state index contributed by atoms with van der Waals surface area (Å²) in [5, 5.41) is 17.6. The van der Waals surface area contributed by atoms with E-state index in [2.05, 4.69) is 41.3 Å². The topological polar surface area (TPSA) is 182 Å². The molecule has 2 bridgehead atoms. The second-order valence-electron chi connectivity index (χ2n) is 22.8. The average molecular weight is 994 g/mol. The Balaban J connectivity index is 0.627. The van der Waals surface area contributed by atoms with Crippen LogP contribution in [0.3, 0.4) is 0 Å². The fourth-order valence-corrected chi connectivity index (χ4v) is 13.8. The van der Waals surface area contributed by atoms with E-state index in [0.717, 1.165) is 108 Å². The van der Waals surface area contributed by atoms with E-state index in [-0.39, 0.29) is 58.0 Å². The molecule has 3 N–H and O–H groups in total. The van der Waals surface area contributed by atoms with Crippen molar-refractivity contribution >= 4 is 51.0 Å². The number of pyridine rings is 2. The summed E-state index contributed by atoms with van der Waals surface area (Å²) in [6, 6.07) is 10.6. The van der Waals surface area contributed by atoms with Crippen LogP contribution in [0.15, 0.2) is 53.6 Å². The summed E-state index contributed by atoms with van der Waals surface area (Å²) < 4.78 is 25.6. The lowest BCUT2D eigenvalue weighted by Crippen LogP contribution is -2.53. The van der Waals surface area contributed by atoms with Crippen LogP contribution in [0, 0.1) is 22.6 Å². The van der Waals surface area contributed by atoms with Gasteiger partial charge in [-0.2, -0.15) is 9.97 Å². The summed E-state index contributed by atoms with van der Waals surface area (Å²) in [6.07, 6.45) is 13.2. The van der Waals surface area contributed by atoms with Crippen LogP contribution in [0.1, 0.15) is 87.1 Å². The lowest BCUT2D eigenvalue weighted by atomic mass is 9.57. The quantitative estimate of drug-likeness (QED) is 0.141. The second-order valence-corrected chi connectivity index (χ2v) is 22.8. The summed E-state index contributed by atoms with van der Waals surface area (Å²) in [5.74, 6) is -0.238. The number of hydrogen-bond donors (Lipinski definition) is 3. The number of benzene rings is 2. The number of nitrogens with zero attached hydrogens (tertiary/aromatic N) is 9. The lowest BCUT2D eigenvalue weighted by Gasteiger charge is -2.54. The molecule has 8 aliphatic rings. The molecule has 0 radical (unpaired) electrons. The summed E-state index contributed by atoms with van der Waals surface area (Å²) in [5.41, 5.74) is 3.84. The number of halogens is 1. The number of ether oxygens (including phenoxy) is 1. The Hall–Kier alpha value is -6.24. The number of fused-ring (bicyclic) bond motifs is 5. The van der Waals surface area contributed by atoms with Gasteiger partial charge >= 0.3 is 6.01 Å². The number of aromatic nitrogens is 4. The smallest absolute Gasteiger partial charge is 0.319 e. The summed E-state index contributed by atoms with van der Waals surface area (Å²) in [6.45, 7) is 13.0. The van der Waals surface area contributed by atoms with Crippen molar-refractivity contribution in [2.75, 3.05) is 81.9 Å². The monoisotopic (exact) mass is 994 g/mol. The first kappa shape index (κ1) is 46.5. The predicted molar refractivity (Wildman–Crippen MR) is 273 cm³/mol. The van der Waals surface area contributed by atoms with Crippen molar-refractivity contribution in [2.24, 2.45) is 16.7 Å². The van der Waals surface area contributed by atoms with E-state index in [1.54, 1.807) is 17.3 Å². The van der Waals surface area contributed by atoms with Crippen molar-refractivity contribution in [1.29, 1.82) is 0 Å². The molecule has 3 aromatic heterocycles. The van der Waals surface area contributed by atoms with E-state index in [9.17, 15) is 24.3 Å². The van der Waals surface area contributed by atoms with Crippen LogP contribution in [0.25, 0.3) is 33.1 Å². The molecule has 73 heavy (non-hydrogen) atoms. The number of aromatic hydroxyl groups is 1. The Bertz CT molecular complexity index is 3110. The third-order valence-electron chi connectivity index (χ3n) is 18.0. The molecule has 6 aliphatic heterocycles. The summed E-state index contributed by atoms with van der Waals surface area (Å²) in [7, 11) is 0. The van der Waals surface area contributed by atoms with E-state index in [1.807, 2.05) is 23.6 Å². The maximum absolute atomic E-state index is 17.2. The van der Waals surface area contributed by atoms with E-state index in [4.69, 9.17) is 14.7 Å².